The van der Waals surface area contributed by atoms with Gasteiger partial charge in [0.15, 0.2) is 5.78 Å². The maximum absolute atomic E-state index is 13.9. The molecular weight excluding hydrogens is 883 g/mol. The number of Topliss-reactive ketones (excluding diaryl/α,β-unsaturated/α-hetero) is 1. The summed E-state index contributed by atoms with van der Waals surface area (Å²) in [7, 11) is 0. The fourth-order valence-electron chi connectivity index (χ4n) is 4.08. The number of hydrogen-bond donors (Lipinski definition) is 0. The van der Waals surface area contributed by atoms with Crippen molar-refractivity contribution in [3.8, 4) is 5.75 Å². The van der Waals surface area contributed by atoms with E-state index in [9.17, 15) is 24.0 Å². The van der Waals surface area contributed by atoms with E-state index in [1.54, 1.807) is 17.5 Å². The zero-order chi connectivity index (χ0) is 31.2. The molecule has 2 heterocycles. The summed E-state index contributed by atoms with van der Waals surface area (Å²) in [5.74, 6) is -3.55. The summed E-state index contributed by atoms with van der Waals surface area (Å²) in [6.45, 7) is -0.713. The van der Waals surface area contributed by atoms with Gasteiger partial charge >= 0.3 is 5.97 Å². The van der Waals surface area contributed by atoms with Crippen LogP contribution in [0.5, 0.6) is 5.75 Å². The minimum atomic E-state index is -0.892. The highest BCUT2D eigenvalue weighted by atomic mass is 79.9. The van der Waals surface area contributed by atoms with E-state index in [0.717, 1.165) is 5.01 Å². The minimum absolute atomic E-state index is 0.0173. The number of nitrogens with zero attached hydrogens (tertiary/aromatic N) is 2. The van der Waals surface area contributed by atoms with E-state index < -0.39 is 36.0 Å². The number of carbonyl (C=O) groups excluding carboxylic acids is 5. The van der Waals surface area contributed by atoms with Crippen molar-refractivity contribution >= 4 is 128 Å². The molecule has 5 rings (SSSR count). The van der Waals surface area contributed by atoms with E-state index in [2.05, 4.69) is 63.7 Å². The third-order valence-electron chi connectivity index (χ3n) is 6.12. The zero-order valence-corrected chi connectivity index (χ0v) is 29.7. The lowest BCUT2D eigenvalue weighted by Crippen LogP contribution is -2.51. The van der Waals surface area contributed by atoms with Crippen molar-refractivity contribution in [2.24, 2.45) is 0 Å². The molecule has 3 aromatic carbocycles. The molecule has 218 valence electrons. The van der Waals surface area contributed by atoms with E-state index in [4.69, 9.17) is 27.9 Å². The number of carbonyl (C=O) groups is 5. The number of imide groups is 1. The predicted molar refractivity (Wildman–Crippen MR) is 175 cm³/mol. The number of hydrogen-bond acceptors (Lipinski definition) is 7. The quantitative estimate of drug-likeness (QED) is 0.0459. The molecule has 8 nitrogen and oxygen atoms in total. The minimum Gasteiger partial charge on any atom is -0.422 e. The number of hydrazine groups is 1. The van der Waals surface area contributed by atoms with Crippen molar-refractivity contribution in [3.63, 3.8) is 0 Å². The Bertz CT molecular complexity index is 1800. The lowest BCUT2D eigenvalue weighted by atomic mass is 10.1. The van der Waals surface area contributed by atoms with Gasteiger partial charge in [0.2, 0.25) is 0 Å². The lowest BCUT2D eigenvalue weighted by Gasteiger charge is -2.29. The third-order valence-corrected chi connectivity index (χ3v) is 12.3. The normalized spacial score (nSPS) is 12.4. The topological polar surface area (TPSA) is 101 Å². The Morgan fingerprint density at radius 1 is 0.837 bits per heavy atom. The van der Waals surface area contributed by atoms with Gasteiger partial charge in [-0.15, -0.1) is 11.3 Å². The van der Waals surface area contributed by atoms with Crippen molar-refractivity contribution in [1.82, 2.24) is 10.0 Å². The average Bonchev–Trinajstić information content (AvgIpc) is 3.60. The Kier molecular flexibility index (Phi) is 9.62. The molecule has 0 saturated heterocycles. The first-order valence-electron chi connectivity index (χ1n) is 11.8. The molecule has 3 amide bonds. The third kappa shape index (κ3) is 6.13. The van der Waals surface area contributed by atoms with Crippen LogP contribution >= 0.6 is 98.3 Å². The number of fused-ring (bicyclic) bond motifs is 1. The second-order valence-corrected chi connectivity index (χ2v) is 13.7. The molecule has 0 unspecified atom stereocenters. The Labute approximate surface area is 291 Å². The van der Waals surface area contributed by atoms with Crippen LogP contribution in [0.2, 0.25) is 10.0 Å². The van der Waals surface area contributed by atoms with E-state index in [1.807, 2.05) is 0 Å². The first-order chi connectivity index (χ1) is 20.4. The van der Waals surface area contributed by atoms with Gasteiger partial charge in [-0.3, -0.25) is 19.2 Å². The van der Waals surface area contributed by atoms with Crippen LogP contribution < -0.4 is 4.74 Å². The van der Waals surface area contributed by atoms with Crippen LogP contribution in [0.15, 0.2) is 77.9 Å². The van der Waals surface area contributed by atoms with Gasteiger partial charge in [0.1, 0.15) is 17.2 Å². The van der Waals surface area contributed by atoms with E-state index >= 15 is 0 Å². The molecule has 1 aliphatic rings. The summed E-state index contributed by atoms with van der Waals surface area (Å²) < 4.78 is 6.79. The molecule has 15 heteroatoms. The molecule has 0 bridgehead atoms. The Balaban J connectivity index is 1.49. The van der Waals surface area contributed by atoms with Crippen molar-refractivity contribution in [2.75, 3.05) is 6.54 Å². The molecule has 0 atom stereocenters. The standard InChI is InChI=1S/C28H12Br4Cl2N2O6S/c29-21-19-20(22(30)24(32)23(21)31)27(40)36(26(19)39)35(25(38)15-8-5-13(33)10-16(15)34)11-17(37)12-3-6-14(7-4-12)42-28(41)18-2-1-9-43-18/h1-10H,11H2. The number of ether oxygens (including phenoxy) is 1. The predicted octanol–water partition coefficient (Wildman–Crippen LogP) is 8.86. The molecule has 0 fully saturated rings. The maximum atomic E-state index is 13.9. The number of esters is 1. The second-order valence-electron chi connectivity index (χ2n) is 8.73. The number of thiophene rings is 1. The summed E-state index contributed by atoms with van der Waals surface area (Å²) >= 11 is 27.0. The number of halogens is 6. The van der Waals surface area contributed by atoms with Crippen molar-refractivity contribution in [3.05, 3.63) is 115 Å². The Hall–Kier alpha value is -2.39. The van der Waals surface area contributed by atoms with E-state index in [1.165, 1.54) is 53.8 Å². The first kappa shape index (κ1) is 32.0. The van der Waals surface area contributed by atoms with Crippen molar-refractivity contribution in [2.45, 2.75) is 0 Å². The zero-order valence-electron chi connectivity index (χ0n) is 21.0. The Morgan fingerprint density at radius 3 is 1.98 bits per heavy atom. The highest BCUT2D eigenvalue weighted by molar-refractivity contribution is 9.15. The summed E-state index contributed by atoms with van der Waals surface area (Å²) in [6.07, 6.45) is 0. The Morgan fingerprint density at radius 2 is 1.44 bits per heavy atom. The molecule has 0 N–H and O–H groups in total. The fraction of sp³-hybridized carbons (Fsp3) is 0.0357. The molecule has 43 heavy (non-hydrogen) atoms. The van der Waals surface area contributed by atoms with E-state index in [0.29, 0.717) is 18.8 Å². The van der Waals surface area contributed by atoms with Gasteiger partial charge in [-0.05, 0) is 118 Å². The number of amides is 3. The van der Waals surface area contributed by atoms with E-state index in [-0.39, 0.29) is 47.0 Å². The molecule has 0 saturated carbocycles. The fourth-order valence-corrected chi connectivity index (χ4v) is 7.63. The van der Waals surface area contributed by atoms with Gasteiger partial charge < -0.3 is 4.74 Å². The molecule has 0 aliphatic carbocycles. The van der Waals surface area contributed by atoms with Crippen LogP contribution in [-0.2, 0) is 0 Å². The molecular formula is C28H12Br4Cl2N2O6S. The van der Waals surface area contributed by atoms with Gasteiger partial charge in [0.25, 0.3) is 17.7 Å². The van der Waals surface area contributed by atoms with Crippen LogP contribution in [0.3, 0.4) is 0 Å². The van der Waals surface area contributed by atoms with Crippen molar-refractivity contribution < 1.29 is 28.7 Å². The monoisotopic (exact) mass is 890 g/mol. The smallest absolute Gasteiger partial charge is 0.353 e. The molecule has 4 aromatic rings. The highest BCUT2D eigenvalue weighted by Gasteiger charge is 2.46. The summed E-state index contributed by atoms with van der Waals surface area (Å²) in [4.78, 5) is 67.5. The summed E-state index contributed by atoms with van der Waals surface area (Å²) in [6, 6.07) is 13.1. The van der Waals surface area contributed by atoms with Gasteiger partial charge in [-0.25, -0.2) is 9.80 Å². The average molecular weight is 895 g/mol. The van der Waals surface area contributed by atoms with Crippen LogP contribution in [0.4, 0.5) is 0 Å². The summed E-state index contributed by atoms with van der Waals surface area (Å²) in [5.41, 5.74) is -0.000222. The summed E-state index contributed by atoms with van der Waals surface area (Å²) in [5, 5.41) is 3.31. The first-order valence-corrected chi connectivity index (χ1v) is 16.6. The van der Waals surface area contributed by atoms with Crippen molar-refractivity contribution in [1.29, 1.82) is 0 Å². The van der Waals surface area contributed by atoms with Crippen LogP contribution in [0, 0.1) is 0 Å². The van der Waals surface area contributed by atoms with Gasteiger partial charge in [-0.1, -0.05) is 29.3 Å². The van der Waals surface area contributed by atoms with Crippen LogP contribution in [0.25, 0.3) is 0 Å². The molecule has 1 aliphatic heterocycles. The lowest BCUT2D eigenvalue weighted by molar-refractivity contribution is 0.00527. The second kappa shape index (κ2) is 12.9. The molecule has 0 spiro atoms. The molecule has 0 radical (unpaired) electrons. The number of ketones is 1. The number of benzene rings is 3. The maximum Gasteiger partial charge on any atom is 0.353 e. The highest BCUT2D eigenvalue weighted by Crippen LogP contribution is 2.45. The largest absolute Gasteiger partial charge is 0.422 e. The van der Waals surface area contributed by atoms with Crippen LogP contribution in [-0.4, -0.2) is 46.0 Å². The SMILES string of the molecule is O=C(CN(C(=O)c1ccc(Cl)cc1Cl)N1C(=O)c2c(Br)c(Br)c(Br)c(Br)c2C1=O)c1ccc(OC(=O)c2cccs2)cc1. The van der Waals surface area contributed by atoms with Crippen LogP contribution in [0.1, 0.15) is 51.1 Å². The molecule has 1 aromatic heterocycles. The number of rotatable bonds is 7. The van der Waals surface area contributed by atoms with Gasteiger partial charge in [-0.2, -0.15) is 5.01 Å². The van der Waals surface area contributed by atoms with Gasteiger partial charge in [0.05, 0.1) is 21.7 Å². The van der Waals surface area contributed by atoms with Gasteiger partial charge in [0, 0.05) is 28.5 Å².